The average molecular weight is 542 g/mol. The number of aryl methyl sites for hydroxylation is 1. The zero-order valence-electron chi connectivity index (χ0n) is 19.5. The van der Waals surface area contributed by atoms with Gasteiger partial charge in [-0.2, -0.15) is 0 Å². The zero-order valence-corrected chi connectivity index (χ0v) is 21.9. The van der Waals surface area contributed by atoms with Crippen LogP contribution in [0.2, 0.25) is 0 Å². The predicted octanol–water partition coefficient (Wildman–Crippen LogP) is 5.47. The molecule has 0 N–H and O–H groups in total. The molecule has 5 nitrogen and oxygen atoms in total. The number of fused-ring (bicyclic) bond motifs is 1. The number of methoxy groups -OCH3 is 1. The van der Waals surface area contributed by atoms with Gasteiger partial charge in [0.2, 0.25) is 5.91 Å². The second-order valence-corrected chi connectivity index (χ2v) is 10.4. The summed E-state index contributed by atoms with van der Waals surface area (Å²) in [6.45, 7) is 3.72. The molecule has 0 radical (unpaired) electrons. The van der Waals surface area contributed by atoms with Crippen molar-refractivity contribution in [3.63, 3.8) is 0 Å². The van der Waals surface area contributed by atoms with Gasteiger partial charge in [-0.15, -0.1) is 11.3 Å². The number of carbonyl (C=O) groups is 2. The van der Waals surface area contributed by atoms with Crippen LogP contribution < -0.4 is 0 Å². The van der Waals surface area contributed by atoms with Crippen LogP contribution in [0.15, 0.2) is 64.5 Å². The Bertz CT molecular complexity index is 1140. The molecule has 0 bridgehead atoms. The van der Waals surface area contributed by atoms with E-state index >= 15 is 0 Å². The van der Waals surface area contributed by atoms with E-state index in [4.69, 9.17) is 4.74 Å². The van der Waals surface area contributed by atoms with E-state index in [0.29, 0.717) is 31.7 Å². The van der Waals surface area contributed by atoms with Gasteiger partial charge in [-0.1, -0.05) is 42.0 Å². The Labute approximate surface area is 213 Å². The highest BCUT2D eigenvalue weighted by atomic mass is 79.9. The van der Waals surface area contributed by atoms with Crippen molar-refractivity contribution in [2.45, 2.75) is 25.8 Å². The number of ether oxygens (including phenoxy) is 1. The van der Waals surface area contributed by atoms with Crippen LogP contribution in [0.25, 0.3) is 0 Å². The van der Waals surface area contributed by atoms with E-state index in [9.17, 15) is 9.59 Å². The van der Waals surface area contributed by atoms with Gasteiger partial charge in [0.15, 0.2) is 0 Å². The van der Waals surface area contributed by atoms with Crippen LogP contribution in [-0.2, 0) is 16.0 Å². The normalized spacial score (nSPS) is 15.1. The first-order chi connectivity index (χ1) is 16.5. The fourth-order valence-corrected chi connectivity index (χ4v) is 5.76. The van der Waals surface area contributed by atoms with Crippen LogP contribution in [0.3, 0.4) is 0 Å². The van der Waals surface area contributed by atoms with Crippen LogP contribution in [-0.4, -0.2) is 55.0 Å². The van der Waals surface area contributed by atoms with Gasteiger partial charge in [-0.25, -0.2) is 0 Å². The summed E-state index contributed by atoms with van der Waals surface area (Å²) in [5, 5.41) is 2.10. The van der Waals surface area contributed by atoms with Crippen molar-refractivity contribution in [1.29, 1.82) is 0 Å². The Hall–Kier alpha value is -2.48. The Morgan fingerprint density at radius 3 is 2.65 bits per heavy atom. The van der Waals surface area contributed by atoms with Gasteiger partial charge in [-0.3, -0.25) is 9.59 Å². The second kappa shape index (κ2) is 11.3. The smallest absolute Gasteiger partial charge is 0.255 e. The van der Waals surface area contributed by atoms with Crippen LogP contribution in [0.5, 0.6) is 0 Å². The fraction of sp³-hybridized carbons (Fsp3) is 0.333. The summed E-state index contributed by atoms with van der Waals surface area (Å²) in [7, 11) is 1.64. The molecule has 1 aliphatic heterocycles. The van der Waals surface area contributed by atoms with E-state index in [-0.39, 0.29) is 24.4 Å². The molecule has 1 aromatic heterocycles. The quantitative estimate of drug-likeness (QED) is 0.356. The minimum absolute atomic E-state index is 0.0334. The highest BCUT2D eigenvalue weighted by Gasteiger charge is 2.34. The van der Waals surface area contributed by atoms with E-state index in [1.165, 1.54) is 16.0 Å². The summed E-state index contributed by atoms with van der Waals surface area (Å²) in [6, 6.07) is 17.7. The van der Waals surface area contributed by atoms with Crippen LogP contribution in [0.4, 0.5) is 0 Å². The molecule has 0 fully saturated rings. The number of rotatable bonds is 8. The van der Waals surface area contributed by atoms with Gasteiger partial charge < -0.3 is 14.5 Å². The van der Waals surface area contributed by atoms with E-state index in [1.807, 2.05) is 23.1 Å². The standard InChI is InChI=1S/C27H29BrN2O3S/c1-19-8-10-20(11-9-19)26-22-13-17-34-24(22)12-15-30(26)25(31)18-29(14-5-16-33-2)27(32)21-6-3-4-7-23(21)28/h3-4,6-11,13,17,26H,5,12,14-16,18H2,1-2H3. The Morgan fingerprint density at radius 2 is 1.91 bits per heavy atom. The number of carbonyl (C=O) groups excluding carboxylic acids is 2. The van der Waals surface area contributed by atoms with Crippen LogP contribution >= 0.6 is 27.3 Å². The summed E-state index contributed by atoms with van der Waals surface area (Å²) in [5.74, 6) is -0.197. The van der Waals surface area contributed by atoms with E-state index in [1.54, 1.807) is 29.4 Å². The molecular weight excluding hydrogens is 512 g/mol. The third-order valence-corrected chi connectivity index (χ3v) is 7.86. The van der Waals surface area contributed by atoms with Gasteiger partial charge in [0.1, 0.15) is 6.54 Å². The number of amides is 2. The lowest BCUT2D eigenvalue weighted by Crippen LogP contribution is -2.47. The number of thiophene rings is 1. The van der Waals surface area contributed by atoms with Gasteiger partial charge in [-0.05, 0) is 70.4 Å². The number of benzene rings is 2. The Kier molecular flexibility index (Phi) is 8.19. The van der Waals surface area contributed by atoms with Crippen molar-refractivity contribution < 1.29 is 14.3 Å². The predicted molar refractivity (Wildman–Crippen MR) is 139 cm³/mol. The summed E-state index contributed by atoms with van der Waals surface area (Å²) in [4.78, 5) is 32.1. The van der Waals surface area contributed by atoms with Crippen molar-refractivity contribution in [1.82, 2.24) is 9.80 Å². The largest absolute Gasteiger partial charge is 0.385 e. The maximum Gasteiger partial charge on any atom is 0.255 e. The number of hydrogen-bond acceptors (Lipinski definition) is 4. The Morgan fingerprint density at radius 1 is 1.15 bits per heavy atom. The first-order valence-electron chi connectivity index (χ1n) is 11.4. The second-order valence-electron chi connectivity index (χ2n) is 8.50. The van der Waals surface area contributed by atoms with Crippen molar-refractivity contribution in [2.24, 2.45) is 0 Å². The zero-order chi connectivity index (χ0) is 24.1. The molecule has 0 spiro atoms. The van der Waals surface area contributed by atoms with Crippen molar-refractivity contribution in [2.75, 3.05) is 33.4 Å². The highest BCUT2D eigenvalue weighted by molar-refractivity contribution is 9.10. The van der Waals surface area contributed by atoms with Crippen LogP contribution in [0, 0.1) is 6.92 Å². The molecule has 3 aromatic rings. The molecule has 4 rings (SSSR count). The van der Waals surface area contributed by atoms with Gasteiger partial charge >= 0.3 is 0 Å². The first kappa shape index (κ1) is 24.6. The third kappa shape index (κ3) is 5.43. The minimum Gasteiger partial charge on any atom is -0.385 e. The average Bonchev–Trinajstić information content (AvgIpc) is 3.32. The molecule has 0 aliphatic carbocycles. The van der Waals surface area contributed by atoms with Gasteiger partial charge in [0.25, 0.3) is 5.91 Å². The Balaban J connectivity index is 1.61. The number of halogens is 1. The molecular formula is C27H29BrN2O3S. The molecule has 34 heavy (non-hydrogen) atoms. The molecule has 178 valence electrons. The maximum atomic E-state index is 13.7. The monoisotopic (exact) mass is 540 g/mol. The molecule has 2 amide bonds. The van der Waals surface area contributed by atoms with Crippen molar-refractivity contribution in [3.8, 4) is 0 Å². The van der Waals surface area contributed by atoms with Gasteiger partial charge in [0, 0.05) is 36.2 Å². The highest BCUT2D eigenvalue weighted by Crippen LogP contribution is 2.38. The van der Waals surface area contributed by atoms with Crippen LogP contribution in [0.1, 0.15) is 44.4 Å². The first-order valence-corrected chi connectivity index (χ1v) is 13.1. The molecule has 2 aromatic carbocycles. The maximum absolute atomic E-state index is 13.7. The van der Waals surface area contributed by atoms with Crippen molar-refractivity contribution in [3.05, 3.63) is 91.6 Å². The molecule has 0 saturated carbocycles. The molecule has 1 aliphatic rings. The molecule has 1 unspecified atom stereocenters. The SMILES string of the molecule is COCCCN(CC(=O)N1CCc2sccc2C1c1ccc(C)cc1)C(=O)c1ccccc1Br. The summed E-state index contributed by atoms with van der Waals surface area (Å²) in [5.41, 5.74) is 4.03. The van der Waals surface area contributed by atoms with E-state index in [2.05, 4.69) is 58.6 Å². The summed E-state index contributed by atoms with van der Waals surface area (Å²) >= 11 is 5.23. The molecule has 7 heteroatoms. The van der Waals surface area contributed by atoms with Crippen molar-refractivity contribution >= 4 is 39.1 Å². The third-order valence-electron chi connectivity index (χ3n) is 6.17. The topological polar surface area (TPSA) is 49.9 Å². The lowest BCUT2D eigenvalue weighted by Gasteiger charge is -2.37. The molecule has 2 heterocycles. The summed E-state index contributed by atoms with van der Waals surface area (Å²) < 4.78 is 5.92. The van der Waals surface area contributed by atoms with E-state index < -0.39 is 0 Å². The molecule has 0 saturated heterocycles. The molecule has 1 atom stereocenters. The lowest BCUT2D eigenvalue weighted by atomic mass is 9.92. The fourth-order valence-electron chi connectivity index (χ4n) is 4.40. The number of hydrogen-bond donors (Lipinski definition) is 0. The summed E-state index contributed by atoms with van der Waals surface area (Å²) in [6.07, 6.45) is 1.50. The number of nitrogens with zero attached hydrogens (tertiary/aromatic N) is 2. The minimum atomic E-state index is -0.156. The van der Waals surface area contributed by atoms with E-state index in [0.717, 1.165) is 16.5 Å². The lowest BCUT2D eigenvalue weighted by molar-refractivity contribution is -0.134. The van der Waals surface area contributed by atoms with Gasteiger partial charge in [0.05, 0.1) is 11.6 Å².